The first-order valence-corrected chi connectivity index (χ1v) is 4.57. The molecule has 0 unspecified atom stereocenters. The molecule has 1 heterocycles. The first-order chi connectivity index (χ1) is 6.88. The van der Waals surface area contributed by atoms with E-state index in [1.165, 1.54) is 0 Å². The topological polar surface area (TPSA) is 46.0 Å². The fourth-order valence-electron chi connectivity index (χ4n) is 1.18. The Bertz CT molecular complexity index is 569. The van der Waals surface area contributed by atoms with Crippen molar-refractivity contribution in [3.63, 3.8) is 0 Å². The molecule has 3 nitrogen and oxygen atoms in total. The number of rotatable bonds is 0. The van der Waals surface area contributed by atoms with E-state index in [0.717, 1.165) is 12.1 Å². The number of hydrogen-bond donors (Lipinski definition) is 1. The number of hydrogen-bond acceptors (Lipinski definition) is 2. The first kappa shape index (κ1) is 10.3. The van der Waals surface area contributed by atoms with Crippen LogP contribution in [0, 0.1) is 0 Å². The number of aromatic nitrogens is 1. The van der Waals surface area contributed by atoms with E-state index in [0.29, 0.717) is 0 Å². The van der Waals surface area contributed by atoms with Gasteiger partial charge in [0.1, 0.15) is 0 Å². The summed E-state index contributed by atoms with van der Waals surface area (Å²) in [5, 5.41) is 0. The molecule has 15 heavy (non-hydrogen) atoms. The van der Waals surface area contributed by atoms with Gasteiger partial charge in [-0.25, -0.2) is 4.79 Å². The number of aromatic amines is 1. The van der Waals surface area contributed by atoms with Gasteiger partial charge in [-0.05, 0) is 28.1 Å². The maximum absolute atomic E-state index is 12.4. The van der Waals surface area contributed by atoms with Gasteiger partial charge in [0.25, 0.3) is 0 Å². The molecule has 0 atom stereocenters. The lowest BCUT2D eigenvalue weighted by Gasteiger charge is -2.06. The van der Waals surface area contributed by atoms with Crippen molar-refractivity contribution < 1.29 is 17.6 Å². The summed E-state index contributed by atoms with van der Waals surface area (Å²) in [6.07, 6.45) is -4.45. The minimum atomic E-state index is -4.45. The van der Waals surface area contributed by atoms with Gasteiger partial charge in [-0.15, -0.1) is 0 Å². The lowest BCUT2D eigenvalue weighted by atomic mass is 10.2. The molecule has 80 valence electrons. The van der Waals surface area contributed by atoms with E-state index in [4.69, 9.17) is 0 Å². The zero-order valence-electron chi connectivity index (χ0n) is 6.98. The van der Waals surface area contributed by atoms with Crippen LogP contribution in [0.1, 0.15) is 5.56 Å². The zero-order chi connectivity index (χ0) is 11.2. The molecule has 0 amide bonds. The van der Waals surface area contributed by atoms with Crippen molar-refractivity contribution in [2.75, 3.05) is 0 Å². The Morgan fingerprint density at radius 3 is 2.60 bits per heavy atom. The van der Waals surface area contributed by atoms with Gasteiger partial charge in [-0.3, -0.25) is 4.98 Å². The molecule has 0 fully saturated rings. The smallest absolute Gasteiger partial charge is 0.407 e. The van der Waals surface area contributed by atoms with Crippen LogP contribution < -0.4 is 5.76 Å². The number of alkyl halides is 3. The Kier molecular flexibility index (Phi) is 2.14. The van der Waals surface area contributed by atoms with Crippen LogP contribution >= 0.6 is 15.9 Å². The van der Waals surface area contributed by atoms with Gasteiger partial charge in [0.05, 0.1) is 15.6 Å². The van der Waals surface area contributed by atoms with Gasteiger partial charge < -0.3 is 4.42 Å². The van der Waals surface area contributed by atoms with Crippen molar-refractivity contribution in [2.24, 2.45) is 0 Å². The molecular weight excluding hydrogens is 279 g/mol. The molecule has 0 spiro atoms. The SMILES string of the molecule is O=c1[nH]c2cc(C(F)(F)F)cc(Br)c2o1. The lowest BCUT2D eigenvalue weighted by Crippen LogP contribution is -2.04. The molecule has 7 heteroatoms. The summed E-state index contributed by atoms with van der Waals surface area (Å²) in [6.45, 7) is 0. The number of benzene rings is 1. The maximum atomic E-state index is 12.4. The highest BCUT2D eigenvalue weighted by Gasteiger charge is 2.31. The lowest BCUT2D eigenvalue weighted by molar-refractivity contribution is -0.137. The molecule has 0 saturated carbocycles. The summed E-state index contributed by atoms with van der Waals surface area (Å²) in [4.78, 5) is 12.9. The number of H-pyrrole nitrogens is 1. The zero-order valence-corrected chi connectivity index (χ0v) is 8.57. The molecule has 0 bridgehead atoms. The van der Waals surface area contributed by atoms with Crippen molar-refractivity contribution in [1.82, 2.24) is 4.98 Å². The number of oxazole rings is 1. The number of nitrogens with one attached hydrogen (secondary N) is 1. The predicted octanol–water partition coefficient (Wildman–Crippen LogP) is 2.90. The first-order valence-electron chi connectivity index (χ1n) is 3.77. The summed E-state index contributed by atoms with van der Waals surface area (Å²) in [5.74, 6) is -0.787. The van der Waals surface area contributed by atoms with Crippen molar-refractivity contribution in [3.8, 4) is 0 Å². The second kappa shape index (κ2) is 3.13. The molecule has 0 saturated heterocycles. The standard InChI is InChI=1S/C8H3BrF3NO2/c9-4-1-3(8(10,11)12)2-5-6(4)15-7(14)13-5/h1-2H,(H,13,14). The van der Waals surface area contributed by atoms with Crippen LogP contribution in [0.5, 0.6) is 0 Å². The second-order valence-electron chi connectivity index (χ2n) is 2.85. The molecule has 2 aromatic rings. The Balaban J connectivity index is 2.78. The van der Waals surface area contributed by atoms with Crippen LogP contribution in [0.15, 0.2) is 25.8 Å². The van der Waals surface area contributed by atoms with Crippen molar-refractivity contribution >= 4 is 27.0 Å². The highest BCUT2D eigenvalue weighted by molar-refractivity contribution is 9.10. The van der Waals surface area contributed by atoms with E-state index in [2.05, 4.69) is 25.3 Å². The van der Waals surface area contributed by atoms with Crippen LogP contribution in [0.3, 0.4) is 0 Å². The Morgan fingerprint density at radius 2 is 2.00 bits per heavy atom. The predicted molar refractivity (Wildman–Crippen MR) is 49.5 cm³/mol. The van der Waals surface area contributed by atoms with Gasteiger partial charge in [-0.1, -0.05) is 0 Å². The minimum Gasteiger partial charge on any atom is -0.407 e. The largest absolute Gasteiger partial charge is 0.417 e. The van der Waals surface area contributed by atoms with E-state index in [9.17, 15) is 18.0 Å². The summed E-state index contributed by atoms with van der Waals surface area (Å²) in [7, 11) is 0. The van der Waals surface area contributed by atoms with Crippen molar-refractivity contribution in [1.29, 1.82) is 0 Å². The third-order valence-corrected chi connectivity index (χ3v) is 2.39. The maximum Gasteiger partial charge on any atom is 0.417 e. The van der Waals surface area contributed by atoms with Gasteiger partial charge in [0.2, 0.25) is 0 Å². The van der Waals surface area contributed by atoms with Crippen molar-refractivity contribution in [3.05, 3.63) is 32.7 Å². The molecule has 1 aromatic heterocycles. The second-order valence-corrected chi connectivity index (χ2v) is 3.70. The summed E-state index contributed by atoms with van der Waals surface area (Å²) in [6, 6.07) is 1.68. The molecule has 0 aliphatic heterocycles. The molecule has 0 radical (unpaired) electrons. The molecule has 1 aromatic carbocycles. The van der Waals surface area contributed by atoms with E-state index in [1.807, 2.05) is 0 Å². The third kappa shape index (κ3) is 1.79. The monoisotopic (exact) mass is 281 g/mol. The number of fused-ring (bicyclic) bond motifs is 1. The summed E-state index contributed by atoms with van der Waals surface area (Å²) in [5.41, 5.74) is -0.756. The van der Waals surface area contributed by atoms with E-state index in [-0.39, 0.29) is 15.6 Å². The molecular formula is C8H3BrF3NO2. The number of halogens is 4. The summed E-state index contributed by atoms with van der Waals surface area (Å²) < 4.78 is 41.8. The average molecular weight is 282 g/mol. The Labute approximate surface area is 89.0 Å². The van der Waals surface area contributed by atoms with Crippen LogP contribution in [-0.2, 0) is 6.18 Å². The average Bonchev–Trinajstić information content (AvgIpc) is 2.44. The quantitative estimate of drug-likeness (QED) is 0.807. The van der Waals surface area contributed by atoms with Crippen LogP contribution in [0.25, 0.3) is 11.1 Å². The fraction of sp³-hybridized carbons (Fsp3) is 0.125. The molecule has 2 rings (SSSR count). The van der Waals surface area contributed by atoms with E-state index < -0.39 is 17.5 Å². The van der Waals surface area contributed by atoms with Crippen molar-refractivity contribution in [2.45, 2.75) is 6.18 Å². The molecule has 0 aliphatic rings. The van der Waals surface area contributed by atoms with Gasteiger partial charge >= 0.3 is 11.9 Å². The van der Waals surface area contributed by atoms with Crippen LogP contribution in [0.4, 0.5) is 13.2 Å². The van der Waals surface area contributed by atoms with E-state index >= 15 is 0 Å². The summed E-state index contributed by atoms with van der Waals surface area (Å²) >= 11 is 2.90. The highest BCUT2D eigenvalue weighted by Crippen LogP contribution is 2.34. The Morgan fingerprint density at radius 1 is 1.33 bits per heavy atom. The Hall–Kier alpha value is -1.24. The van der Waals surface area contributed by atoms with Gasteiger partial charge in [-0.2, -0.15) is 13.2 Å². The molecule has 1 N–H and O–H groups in total. The third-order valence-electron chi connectivity index (χ3n) is 1.80. The fourth-order valence-corrected chi connectivity index (χ4v) is 1.72. The minimum absolute atomic E-state index is 0.0155. The van der Waals surface area contributed by atoms with Gasteiger partial charge in [0, 0.05) is 0 Å². The van der Waals surface area contributed by atoms with Crippen LogP contribution in [-0.4, -0.2) is 4.98 Å². The van der Waals surface area contributed by atoms with Crippen LogP contribution in [0.2, 0.25) is 0 Å². The van der Waals surface area contributed by atoms with E-state index in [1.54, 1.807) is 0 Å². The highest BCUT2D eigenvalue weighted by atomic mass is 79.9. The molecule has 0 aliphatic carbocycles. The normalized spacial score (nSPS) is 12.3. The van der Waals surface area contributed by atoms with Gasteiger partial charge in [0.15, 0.2) is 5.58 Å².